The van der Waals surface area contributed by atoms with Crippen LogP contribution in [0.4, 0.5) is 4.39 Å². The van der Waals surface area contributed by atoms with Crippen LogP contribution < -0.4 is 5.56 Å². The Morgan fingerprint density at radius 3 is 2.88 bits per heavy atom. The molecule has 3 rings (SSSR count). The number of morpholine rings is 1. The van der Waals surface area contributed by atoms with Crippen LogP contribution in [0, 0.1) is 5.82 Å². The molecule has 1 saturated heterocycles. The monoisotopic (exact) mass is 359 g/mol. The number of amides is 1. The minimum absolute atomic E-state index is 0.0559. The molecule has 1 unspecified atom stereocenters. The van der Waals surface area contributed by atoms with Crippen molar-refractivity contribution >= 4 is 5.91 Å². The minimum atomic E-state index is -0.272. The largest absolute Gasteiger partial charge is 0.375 e. The topological polar surface area (TPSA) is 75.3 Å². The predicted octanol–water partition coefficient (Wildman–Crippen LogP) is 1.70. The van der Waals surface area contributed by atoms with Crippen LogP contribution in [0.1, 0.15) is 24.1 Å². The van der Waals surface area contributed by atoms with Gasteiger partial charge in [-0.3, -0.25) is 9.59 Å². The van der Waals surface area contributed by atoms with Gasteiger partial charge in [-0.05, 0) is 37.0 Å². The Kier molecular flexibility index (Phi) is 6.12. The van der Waals surface area contributed by atoms with Crippen molar-refractivity contribution in [3.8, 4) is 0 Å². The Hall–Kier alpha value is -2.54. The first-order chi connectivity index (χ1) is 12.6. The summed E-state index contributed by atoms with van der Waals surface area (Å²) in [6, 6.07) is 7.72. The third kappa shape index (κ3) is 5.23. The average Bonchev–Trinajstić information content (AvgIpc) is 2.66. The lowest BCUT2D eigenvalue weighted by molar-refractivity contribution is -0.138. The Morgan fingerprint density at radius 2 is 2.12 bits per heavy atom. The Bertz CT molecular complexity index is 791. The highest BCUT2D eigenvalue weighted by Crippen LogP contribution is 2.13. The predicted molar refractivity (Wildman–Crippen MR) is 94.2 cm³/mol. The van der Waals surface area contributed by atoms with E-state index in [1.54, 1.807) is 12.1 Å². The number of carbonyl (C=O) groups is 1. The van der Waals surface area contributed by atoms with Gasteiger partial charge in [0.2, 0.25) is 5.91 Å². The van der Waals surface area contributed by atoms with E-state index in [1.165, 1.54) is 24.5 Å². The number of ether oxygens (including phenoxy) is 1. The number of H-pyrrole nitrogens is 1. The van der Waals surface area contributed by atoms with E-state index in [-0.39, 0.29) is 23.4 Å². The highest BCUT2D eigenvalue weighted by Gasteiger charge is 2.24. The smallest absolute Gasteiger partial charge is 0.250 e. The molecule has 26 heavy (non-hydrogen) atoms. The fourth-order valence-electron chi connectivity index (χ4n) is 3.04. The molecule has 1 amide bonds. The van der Waals surface area contributed by atoms with Gasteiger partial charge in [0.25, 0.3) is 5.56 Å². The number of rotatable bonds is 6. The molecule has 7 heteroatoms. The zero-order chi connectivity index (χ0) is 18.4. The minimum Gasteiger partial charge on any atom is -0.375 e. The summed E-state index contributed by atoms with van der Waals surface area (Å²) in [5, 5.41) is 0. The van der Waals surface area contributed by atoms with E-state index in [2.05, 4.69) is 9.97 Å². The zero-order valence-corrected chi connectivity index (χ0v) is 14.5. The number of aromatic nitrogens is 2. The molecule has 6 nitrogen and oxygen atoms in total. The molecule has 0 aliphatic carbocycles. The maximum atomic E-state index is 12.9. The summed E-state index contributed by atoms with van der Waals surface area (Å²) in [6.45, 7) is 1.64. The van der Waals surface area contributed by atoms with Crippen LogP contribution in [-0.2, 0) is 22.4 Å². The van der Waals surface area contributed by atoms with Crippen LogP contribution in [0.15, 0.2) is 41.5 Å². The third-order valence-corrected chi connectivity index (χ3v) is 4.49. The van der Waals surface area contributed by atoms with Crippen LogP contribution in [0.25, 0.3) is 0 Å². The average molecular weight is 359 g/mol. The fourth-order valence-corrected chi connectivity index (χ4v) is 3.04. The van der Waals surface area contributed by atoms with Crippen molar-refractivity contribution in [3.05, 3.63) is 64.1 Å². The van der Waals surface area contributed by atoms with Crippen LogP contribution in [0.3, 0.4) is 0 Å². The molecular formula is C19H22FN3O3. The van der Waals surface area contributed by atoms with Gasteiger partial charge in [-0.25, -0.2) is 9.37 Å². The summed E-state index contributed by atoms with van der Waals surface area (Å²) in [4.78, 5) is 32.2. The number of halogens is 1. The number of carbonyl (C=O) groups excluding carboxylic acids is 1. The molecular weight excluding hydrogens is 337 g/mol. The van der Waals surface area contributed by atoms with Gasteiger partial charge in [-0.15, -0.1) is 0 Å². The fraction of sp³-hybridized carbons (Fsp3) is 0.421. The van der Waals surface area contributed by atoms with E-state index in [4.69, 9.17) is 4.74 Å². The van der Waals surface area contributed by atoms with Crippen molar-refractivity contribution in [1.29, 1.82) is 0 Å². The van der Waals surface area contributed by atoms with Crippen molar-refractivity contribution in [3.63, 3.8) is 0 Å². The first-order valence-electron chi connectivity index (χ1n) is 8.77. The zero-order valence-electron chi connectivity index (χ0n) is 14.5. The van der Waals surface area contributed by atoms with E-state index in [1.807, 2.05) is 4.90 Å². The summed E-state index contributed by atoms with van der Waals surface area (Å²) >= 11 is 0. The lowest BCUT2D eigenvalue weighted by atomic mass is 10.1. The molecule has 1 aliphatic heterocycles. The van der Waals surface area contributed by atoms with Gasteiger partial charge >= 0.3 is 0 Å². The highest BCUT2D eigenvalue weighted by molar-refractivity contribution is 5.76. The standard InChI is InChI=1S/C19H22FN3O3/c20-15-4-1-14(2-5-15)3-8-19(25)23-9-10-26-17(12-23)7-6-16-11-18(24)22-13-21-16/h1-2,4-5,11,13,17H,3,6-10,12H2,(H,21,22,24). The SMILES string of the molecule is O=C(CCc1ccc(F)cc1)N1CCOC(CCc2cc(=O)[nH]cn2)C1. The molecule has 0 bridgehead atoms. The lowest BCUT2D eigenvalue weighted by Gasteiger charge is -2.33. The van der Waals surface area contributed by atoms with Gasteiger partial charge < -0.3 is 14.6 Å². The Morgan fingerprint density at radius 1 is 1.31 bits per heavy atom. The number of aromatic amines is 1. The molecule has 2 heterocycles. The third-order valence-electron chi connectivity index (χ3n) is 4.49. The second-order valence-corrected chi connectivity index (χ2v) is 6.40. The summed E-state index contributed by atoms with van der Waals surface area (Å²) in [6.07, 6.45) is 3.67. The van der Waals surface area contributed by atoms with Crippen molar-refractivity contribution < 1.29 is 13.9 Å². The lowest BCUT2D eigenvalue weighted by Crippen LogP contribution is -2.45. The summed E-state index contributed by atoms with van der Waals surface area (Å²) < 4.78 is 18.7. The number of benzene rings is 1. The summed E-state index contributed by atoms with van der Waals surface area (Å²) in [7, 11) is 0. The number of nitrogens with zero attached hydrogens (tertiary/aromatic N) is 2. The molecule has 1 atom stereocenters. The number of aryl methyl sites for hydroxylation is 2. The Balaban J connectivity index is 1.47. The molecule has 0 saturated carbocycles. The van der Waals surface area contributed by atoms with Gasteiger partial charge in [0.15, 0.2) is 0 Å². The summed E-state index contributed by atoms with van der Waals surface area (Å²) in [5.41, 5.74) is 1.50. The molecule has 1 aromatic carbocycles. The summed E-state index contributed by atoms with van der Waals surface area (Å²) in [5.74, 6) is -0.192. The second-order valence-electron chi connectivity index (χ2n) is 6.40. The van der Waals surface area contributed by atoms with Crippen molar-refractivity contribution in [1.82, 2.24) is 14.9 Å². The molecule has 138 valence electrons. The van der Waals surface area contributed by atoms with Gasteiger partial charge in [-0.1, -0.05) is 12.1 Å². The number of hydrogen-bond donors (Lipinski definition) is 1. The second kappa shape index (κ2) is 8.71. The van der Waals surface area contributed by atoms with Gasteiger partial charge in [-0.2, -0.15) is 0 Å². The maximum Gasteiger partial charge on any atom is 0.250 e. The molecule has 0 spiro atoms. The van der Waals surface area contributed by atoms with Crippen molar-refractivity contribution in [2.45, 2.75) is 31.8 Å². The Labute approximate surface area is 151 Å². The van der Waals surface area contributed by atoms with Crippen LogP contribution >= 0.6 is 0 Å². The van der Waals surface area contributed by atoms with Gasteiger partial charge in [0.05, 0.1) is 19.0 Å². The highest BCUT2D eigenvalue weighted by atomic mass is 19.1. The normalized spacial score (nSPS) is 17.3. The molecule has 1 N–H and O–H groups in total. The van der Waals surface area contributed by atoms with Gasteiger partial charge in [0, 0.05) is 31.3 Å². The van der Waals surface area contributed by atoms with E-state index in [0.29, 0.717) is 45.4 Å². The van der Waals surface area contributed by atoms with Gasteiger partial charge in [0.1, 0.15) is 5.82 Å². The van der Waals surface area contributed by atoms with E-state index in [0.717, 1.165) is 11.3 Å². The molecule has 0 radical (unpaired) electrons. The van der Waals surface area contributed by atoms with E-state index >= 15 is 0 Å². The first-order valence-corrected chi connectivity index (χ1v) is 8.77. The molecule has 2 aromatic rings. The van der Waals surface area contributed by atoms with Crippen LogP contribution in [-0.4, -0.2) is 46.6 Å². The van der Waals surface area contributed by atoms with E-state index in [9.17, 15) is 14.0 Å². The quantitative estimate of drug-likeness (QED) is 0.852. The molecule has 1 aliphatic rings. The maximum absolute atomic E-state index is 12.9. The first kappa shape index (κ1) is 18.3. The molecule has 1 aromatic heterocycles. The molecule has 1 fully saturated rings. The van der Waals surface area contributed by atoms with Crippen molar-refractivity contribution in [2.24, 2.45) is 0 Å². The number of nitrogens with one attached hydrogen (secondary N) is 1. The van der Waals surface area contributed by atoms with Crippen LogP contribution in [0.5, 0.6) is 0 Å². The number of hydrogen-bond acceptors (Lipinski definition) is 4. The van der Waals surface area contributed by atoms with Crippen molar-refractivity contribution in [2.75, 3.05) is 19.7 Å². The van der Waals surface area contributed by atoms with E-state index < -0.39 is 0 Å². The van der Waals surface area contributed by atoms with Crippen LogP contribution in [0.2, 0.25) is 0 Å².